The van der Waals surface area contributed by atoms with Crippen molar-refractivity contribution in [1.82, 2.24) is 4.98 Å². The highest BCUT2D eigenvalue weighted by molar-refractivity contribution is 7.26. The van der Waals surface area contributed by atoms with Crippen molar-refractivity contribution in [3.63, 3.8) is 0 Å². The number of aromatic nitrogens is 1. The highest BCUT2D eigenvalue weighted by Crippen LogP contribution is 2.42. The van der Waals surface area contributed by atoms with Gasteiger partial charge in [0.1, 0.15) is 23.0 Å². The largest absolute Gasteiger partial charge is 0.458 e. The number of aryl methyl sites for hydroxylation is 4. The Balaban J connectivity index is 1.13. The van der Waals surface area contributed by atoms with Crippen LogP contribution in [0.1, 0.15) is 22.3 Å². The summed E-state index contributed by atoms with van der Waals surface area (Å²) in [6.07, 6.45) is 7.88. The fourth-order valence-electron chi connectivity index (χ4n) is 7.62. The van der Waals surface area contributed by atoms with E-state index in [1.165, 1.54) is 58.9 Å². The van der Waals surface area contributed by atoms with Crippen LogP contribution in [0.5, 0.6) is 23.0 Å². The minimum absolute atomic E-state index is 0.0909. The predicted octanol–water partition coefficient (Wildman–Crippen LogP) is 7.73. The summed E-state index contributed by atoms with van der Waals surface area (Å²) in [5, 5.41) is 2.76. The molecule has 0 saturated carbocycles. The van der Waals surface area contributed by atoms with Gasteiger partial charge in [-0.2, -0.15) is 0 Å². The molecular formula is C39H26BNO2S. The van der Waals surface area contributed by atoms with Crippen molar-refractivity contribution in [2.75, 3.05) is 0 Å². The van der Waals surface area contributed by atoms with Crippen molar-refractivity contribution in [2.45, 2.75) is 25.7 Å². The van der Waals surface area contributed by atoms with E-state index in [4.69, 9.17) is 9.47 Å². The van der Waals surface area contributed by atoms with Gasteiger partial charge in [-0.15, -0.1) is 11.3 Å². The predicted molar refractivity (Wildman–Crippen MR) is 182 cm³/mol. The third-order valence-electron chi connectivity index (χ3n) is 9.72. The van der Waals surface area contributed by atoms with Crippen molar-refractivity contribution in [2.24, 2.45) is 0 Å². The maximum absolute atomic E-state index is 6.64. The van der Waals surface area contributed by atoms with Crippen LogP contribution in [0.25, 0.3) is 31.3 Å². The molecular weight excluding hydrogens is 557 g/mol. The molecule has 0 radical (unpaired) electrons. The number of thiophene rings is 1. The fourth-order valence-corrected chi connectivity index (χ4v) is 8.88. The third kappa shape index (κ3) is 3.60. The fraction of sp³-hybridized carbons (Fsp3) is 0.103. The number of ether oxygens (including phenoxy) is 2. The number of pyridine rings is 1. The molecule has 208 valence electrons. The Labute approximate surface area is 259 Å². The first-order chi connectivity index (χ1) is 21.8. The van der Waals surface area contributed by atoms with Gasteiger partial charge < -0.3 is 9.47 Å². The Morgan fingerprint density at radius 3 is 2.11 bits per heavy atom. The van der Waals surface area contributed by atoms with Crippen molar-refractivity contribution >= 4 is 54.6 Å². The standard InChI is InChI=1S/C39H26BNO2S/c1-3-7-32-30(5-1)40-31-6-2-4-8-33(31)43-35-21-27(20-34(42-32)38(35)40)29-19-23-9-11-24(29)13-14-25-15-16-26(12-10-23)39-37(25)28-17-18-41-22-36(28)44-39/h1-9,11,15-22H,10,12-14H2. The maximum Gasteiger partial charge on any atom is 0.260 e. The molecule has 0 N–H and O–H groups in total. The molecule has 0 unspecified atom stereocenters. The first-order valence-corrected chi connectivity index (χ1v) is 16.2. The van der Waals surface area contributed by atoms with Crippen molar-refractivity contribution < 1.29 is 9.47 Å². The first-order valence-electron chi connectivity index (χ1n) is 15.4. The summed E-state index contributed by atoms with van der Waals surface area (Å²) in [5.74, 6) is 3.63. The van der Waals surface area contributed by atoms with Crippen molar-refractivity contribution in [3.05, 3.63) is 132 Å². The van der Waals surface area contributed by atoms with Crippen molar-refractivity contribution in [3.8, 4) is 34.1 Å². The van der Waals surface area contributed by atoms with Crippen LogP contribution in [0.3, 0.4) is 0 Å². The zero-order chi connectivity index (χ0) is 28.8. The van der Waals surface area contributed by atoms with E-state index in [2.05, 4.69) is 102 Å². The Bertz CT molecular complexity index is 2250. The van der Waals surface area contributed by atoms with Crippen LogP contribution in [0.4, 0.5) is 0 Å². The summed E-state index contributed by atoms with van der Waals surface area (Å²) >= 11 is 1.90. The summed E-state index contributed by atoms with van der Waals surface area (Å²) in [7, 11) is 0. The van der Waals surface area contributed by atoms with Crippen LogP contribution >= 0.6 is 11.3 Å². The molecule has 4 heterocycles. The molecule has 6 aliphatic rings. The summed E-state index contributed by atoms with van der Waals surface area (Å²) in [6.45, 7) is 0.0909. The zero-order valence-electron chi connectivity index (χ0n) is 24.0. The highest BCUT2D eigenvalue weighted by Gasteiger charge is 2.40. The number of para-hydroxylation sites is 2. The van der Waals surface area contributed by atoms with E-state index in [0.717, 1.165) is 59.7 Å². The number of nitrogens with zero attached hydrogens (tertiary/aromatic N) is 1. The molecule has 0 saturated heterocycles. The van der Waals surface area contributed by atoms with Gasteiger partial charge in [-0.1, -0.05) is 66.7 Å². The minimum Gasteiger partial charge on any atom is -0.458 e. The molecule has 3 nitrogen and oxygen atoms in total. The third-order valence-corrected chi connectivity index (χ3v) is 10.9. The Morgan fingerprint density at radius 1 is 0.636 bits per heavy atom. The normalized spacial score (nSPS) is 14.3. The maximum atomic E-state index is 6.64. The minimum atomic E-state index is 0.0909. The molecule has 13 rings (SSSR count). The number of benzene rings is 5. The van der Waals surface area contributed by atoms with E-state index in [1.54, 1.807) is 0 Å². The van der Waals surface area contributed by atoms with E-state index in [-0.39, 0.29) is 6.71 Å². The summed E-state index contributed by atoms with van der Waals surface area (Å²) < 4.78 is 16.0. The topological polar surface area (TPSA) is 31.4 Å². The second-order valence-electron chi connectivity index (χ2n) is 12.2. The van der Waals surface area contributed by atoms with Crippen LogP contribution in [0.2, 0.25) is 0 Å². The van der Waals surface area contributed by atoms with Gasteiger partial charge in [0.25, 0.3) is 6.71 Å². The second-order valence-corrected chi connectivity index (χ2v) is 13.2. The summed E-state index contributed by atoms with van der Waals surface area (Å²) in [6, 6.07) is 35.4. The quantitative estimate of drug-likeness (QED) is 0.186. The second kappa shape index (κ2) is 9.32. The lowest BCUT2D eigenvalue weighted by atomic mass is 9.35. The number of hydrogen-bond acceptors (Lipinski definition) is 4. The van der Waals surface area contributed by atoms with E-state index < -0.39 is 0 Å². The number of hydrogen-bond donors (Lipinski definition) is 0. The van der Waals surface area contributed by atoms with Gasteiger partial charge in [0.2, 0.25) is 0 Å². The van der Waals surface area contributed by atoms with Gasteiger partial charge in [0.05, 0.1) is 4.70 Å². The van der Waals surface area contributed by atoms with Crippen LogP contribution in [-0.4, -0.2) is 11.7 Å². The average Bonchev–Trinajstić information content (AvgIpc) is 3.45. The molecule has 7 aromatic rings. The molecule has 4 bridgehead atoms. The molecule has 5 heteroatoms. The summed E-state index contributed by atoms with van der Waals surface area (Å²) in [4.78, 5) is 4.42. The SMILES string of the molecule is c1ccc2c(c1)Oc1cc(-c3cc4ccc3CCc3ccc(c5sc6cnccc6c35)CC4)cc3c1B2c1ccccc1O3. The van der Waals surface area contributed by atoms with Gasteiger partial charge in [0.15, 0.2) is 0 Å². The Hall–Kier alpha value is -4.87. The smallest absolute Gasteiger partial charge is 0.260 e. The zero-order valence-corrected chi connectivity index (χ0v) is 24.8. The lowest BCUT2D eigenvalue weighted by Gasteiger charge is -2.33. The van der Waals surface area contributed by atoms with Gasteiger partial charge >= 0.3 is 0 Å². The van der Waals surface area contributed by atoms with Crippen LogP contribution < -0.4 is 25.9 Å². The molecule has 2 aromatic heterocycles. The van der Waals surface area contributed by atoms with E-state index in [9.17, 15) is 0 Å². The van der Waals surface area contributed by atoms with E-state index >= 15 is 0 Å². The van der Waals surface area contributed by atoms with Gasteiger partial charge in [-0.3, -0.25) is 4.98 Å². The molecule has 0 atom stereocenters. The number of rotatable bonds is 1. The lowest BCUT2D eigenvalue weighted by molar-refractivity contribution is 0.465. The molecule has 2 aliphatic heterocycles. The van der Waals surface area contributed by atoms with Crippen LogP contribution in [-0.2, 0) is 25.7 Å². The monoisotopic (exact) mass is 583 g/mol. The molecule has 4 aliphatic carbocycles. The molecule has 44 heavy (non-hydrogen) atoms. The Kier molecular flexibility index (Phi) is 5.20. The lowest BCUT2D eigenvalue weighted by Crippen LogP contribution is -2.57. The van der Waals surface area contributed by atoms with Gasteiger partial charge in [0, 0.05) is 33.3 Å². The van der Waals surface area contributed by atoms with Gasteiger partial charge in [-0.25, -0.2) is 0 Å². The molecule has 0 amide bonds. The van der Waals surface area contributed by atoms with Crippen LogP contribution in [0.15, 0.2) is 109 Å². The molecule has 0 fully saturated rings. The van der Waals surface area contributed by atoms with Crippen LogP contribution in [0, 0.1) is 0 Å². The summed E-state index contributed by atoms with van der Waals surface area (Å²) in [5.41, 5.74) is 11.5. The molecule has 0 spiro atoms. The van der Waals surface area contributed by atoms with E-state index in [0.29, 0.717) is 0 Å². The average molecular weight is 584 g/mol. The van der Waals surface area contributed by atoms with E-state index in [1.807, 2.05) is 23.7 Å². The number of fused-ring (bicyclic) bond motifs is 5. The van der Waals surface area contributed by atoms with Gasteiger partial charge in [-0.05, 0) is 100 Å². The Morgan fingerprint density at radius 2 is 1.32 bits per heavy atom. The highest BCUT2D eigenvalue weighted by atomic mass is 32.1. The first kappa shape index (κ1) is 24.6. The molecule has 5 aromatic carbocycles. The van der Waals surface area contributed by atoms with Crippen molar-refractivity contribution in [1.29, 1.82) is 0 Å².